The van der Waals surface area contributed by atoms with Crippen LogP contribution in [0.15, 0.2) is 15.7 Å². The van der Waals surface area contributed by atoms with E-state index in [-0.39, 0.29) is 10.8 Å². The van der Waals surface area contributed by atoms with Crippen LogP contribution < -0.4 is 4.72 Å². The second kappa shape index (κ2) is 4.71. The van der Waals surface area contributed by atoms with Crippen LogP contribution in [0.1, 0.15) is 17.0 Å². The smallest absolute Gasteiger partial charge is 0.271 e. The van der Waals surface area contributed by atoms with E-state index in [2.05, 4.69) is 14.9 Å². The maximum atomic E-state index is 12.1. The number of H-pyrrole nitrogens is 1. The quantitative estimate of drug-likeness (QED) is 0.791. The van der Waals surface area contributed by atoms with Crippen molar-refractivity contribution < 1.29 is 13.5 Å². The highest BCUT2D eigenvalue weighted by Crippen LogP contribution is 2.25. The summed E-state index contributed by atoms with van der Waals surface area (Å²) < 4.78 is 26.9. The number of hydrogen-bond donors (Lipinski definition) is 3. The Morgan fingerprint density at radius 1 is 1.50 bits per heavy atom. The minimum atomic E-state index is -3.62. The molecule has 2 aromatic heterocycles. The van der Waals surface area contributed by atoms with Gasteiger partial charge in [-0.05, 0) is 30.9 Å². The first-order valence-electron chi connectivity index (χ1n) is 5.16. The Kier molecular flexibility index (Phi) is 3.42. The monoisotopic (exact) mass is 287 g/mol. The summed E-state index contributed by atoms with van der Waals surface area (Å²) in [6.45, 7) is 3.29. The van der Waals surface area contributed by atoms with Crippen molar-refractivity contribution in [2.45, 2.75) is 24.7 Å². The van der Waals surface area contributed by atoms with Crippen LogP contribution in [0.4, 0.5) is 5.69 Å². The van der Waals surface area contributed by atoms with Crippen molar-refractivity contribution in [1.82, 2.24) is 10.2 Å². The number of aromatic nitrogens is 2. The Morgan fingerprint density at radius 2 is 2.22 bits per heavy atom. The van der Waals surface area contributed by atoms with Gasteiger partial charge in [0.25, 0.3) is 10.0 Å². The maximum absolute atomic E-state index is 12.1. The van der Waals surface area contributed by atoms with Crippen LogP contribution in [0.5, 0.6) is 0 Å². The zero-order valence-corrected chi connectivity index (χ0v) is 11.5. The fourth-order valence-corrected chi connectivity index (χ4v) is 3.85. The van der Waals surface area contributed by atoms with E-state index in [0.717, 1.165) is 11.3 Å². The average molecular weight is 287 g/mol. The van der Waals surface area contributed by atoms with Crippen molar-refractivity contribution in [3.8, 4) is 0 Å². The molecule has 8 heteroatoms. The SMILES string of the molecule is Cc1n[nH]c(C)c1NS(=O)(=O)c1cc(CO)cs1. The Hall–Kier alpha value is -1.38. The van der Waals surface area contributed by atoms with Gasteiger partial charge in [0.15, 0.2) is 0 Å². The molecule has 0 aliphatic rings. The van der Waals surface area contributed by atoms with Crippen LogP contribution in [0.25, 0.3) is 0 Å². The number of aromatic amines is 1. The molecule has 2 aromatic rings. The van der Waals surface area contributed by atoms with Gasteiger partial charge >= 0.3 is 0 Å². The summed E-state index contributed by atoms with van der Waals surface area (Å²) in [6, 6.07) is 1.46. The molecule has 0 aliphatic heterocycles. The van der Waals surface area contributed by atoms with Crippen molar-refractivity contribution in [3.63, 3.8) is 0 Å². The van der Waals surface area contributed by atoms with Crippen LogP contribution in [0.2, 0.25) is 0 Å². The van der Waals surface area contributed by atoms with E-state index in [4.69, 9.17) is 5.11 Å². The van der Waals surface area contributed by atoms with Crippen molar-refractivity contribution in [1.29, 1.82) is 0 Å². The van der Waals surface area contributed by atoms with Gasteiger partial charge in [-0.2, -0.15) is 5.10 Å². The molecule has 18 heavy (non-hydrogen) atoms. The fraction of sp³-hybridized carbons (Fsp3) is 0.300. The number of aliphatic hydroxyl groups is 1. The Labute approximate surface area is 109 Å². The zero-order chi connectivity index (χ0) is 13.3. The van der Waals surface area contributed by atoms with Crippen LogP contribution in [0.3, 0.4) is 0 Å². The van der Waals surface area contributed by atoms with Crippen molar-refractivity contribution in [2.75, 3.05) is 4.72 Å². The summed E-state index contributed by atoms with van der Waals surface area (Å²) in [5.74, 6) is 0. The molecular formula is C10H13N3O3S2. The first-order chi connectivity index (χ1) is 8.44. The van der Waals surface area contributed by atoms with E-state index in [1.807, 2.05) is 0 Å². The number of rotatable bonds is 4. The van der Waals surface area contributed by atoms with Gasteiger partial charge in [-0.1, -0.05) is 0 Å². The van der Waals surface area contributed by atoms with Gasteiger partial charge in [0.05, 0.1) is 23.7 Å². The summed E-state index contributed by atoms with van der Waals surface area (Å²) in [5, 5.41) is 17.2. The first kappa shape index (κ1) is 13.1. The highest BCUT2D eigenvalue weighted by atomic mass is 32.2. The second-order valence-electron chi connectivity index (χ2n) is 3.85. The molecule has 0 spiro atoms. The lowest BCUT2D eigenvalue weighted by Crippen LogP contribution is -2.12. The number of anilines is 1. The highest BCUT2D eigenvalue weighted by molar-refractivity contribution is 7.94. The number of sulfonamides is 1. The molecule has 2 heterocycles. The lowest BCUT2D eigenvalue weighted by atomic mass is 10.3. The van der Waals surface area contributed by atoms with Crippen LogP contribution in [-0.2, 0) is 16.6 Å². The molecule has 0 aromatic carbocycles. The largest absolute Gasteiger partial charge is 0.392 e. The number of aryl methyl sites for hydroxylation is 2. The summed E-state index contributed by atoms with van der Waals surface area (Å²) in [5.41, 5.74) is 2.31. The topological polar surface area (TPSA) is 95.1 Å². The van der Waals surface area contributed by atoms with Crippen LogP contribution in [0, 0.1) is 13.8 Å². The molecule has 0 unspecified atom stereocenters. The van der Waals surface area contributed by atoms with Gasteiger partial charge in [-0.3, -0.25) is 9.82 Å². The third-order valence-corrected chi connectivity index (χ3v) is 5.28. The number of nitrogens with one attached hydrogen (secondary N) is 2. The molecule has 0 saturated heterocycles. The van der Waals surface area contributed by atoms with Crippen molar-refractivity contribution in [2.24, 2.45) is 0 Å². The van der Waals surface area contributed by atoms with E-state index in [1.165, 1.54) is 6.07 Å². The number of thiophene rings is 1. The Morgan fingerprint density at radius 3 is 2.72 bits per heavy atom. The van der Waals surface area contributed by atoms with E-state index in [1.54, 1.807) is 19.2 Å². The molecule has 0 fully saturated rings. The van der Waals surface area contributed by atoms with Crippen LogP contribution in [-0.4, -0.2) is 23.7 Å². The standard InChI is InChI=1S/C10H13N3O3S2/c1-6-10(7(2)12-11-6)13-18(15,16)9-3-8(4-14)5-17-9/h3,5,13-14H,4H2,1-2H3,(H,11,12). The van der Waals surface area contributed by atoms with Gasteiger partial charge in [-0.25, -0.2) is 8.42 Å². The van der Waals surface area contributed by atoms with E-state index in [9.17, 15) is 8.42 Å². The van der Waals surface area contributed by atoms with Gasteiger partial charge in [-0.15, -0.1) is 11.3 Å². The molecule has 0 saturated carbocycles. The van der Waals surface area contributed by atoms with E-state index >= 15 is 0 Å². The molecule has 2 rings (SSSR count). The highest BCUT2D eigenvalue weighted by Gasteiger charge is 2.19. The van der Waals surface area contributed by atoms with Gasteiger partial charge in [0.2, 0.25) is 0 Å². The molecule has 98 valence electrons. The molecular weight excluding hydrogens is 274 g/mol. The minimum absolute atomic E-state index is 0.171. The molecule has 0 aliphatic carbocycles. The third-order valence-electron chi connectivity index (χ3n) is 2.44. The van der Waals surface area contributed by atoms with Gasteiger partial charge < -0.3 is 5.11 Å². The van der Waals surface area contributed by atoms with E-state index < -0.39 is 10.0 Å². The minimum Gasteiger partial charge on any atom is -0.392 e. The summed E-state index contributed by atoms with van der Waals surface area (Å²) in [6.07, 6.45) is 0. The molecule has 0 bridgehead atoms. The first-order valence-corrected chi connectivity index (χ1v) is 7.53. The number of hydrogen-bond acceptors (Lipinski definition) is 5. The fourth-order valence-electron chi connectivity index (χ4n) is 1.46. The predicted molar refractivity (Wildman–Crippen MR) is 69.1 cm³/mol. The lowest BCUT2D eigenvalue weighted by molar-refractivity contribution is 0.282. The maximum Gasteiger partial charge on any atom is 0.271 e. The van der Waals surface area contributed by atoms with Crippen molar-refractivity contribution in [3.05, 3.63) is 28.4 Å². The molecule has 6 nitrogen and oxygen atoms in total. The summed E-state index contributed by atoms with van der Waals surface area (Å²) in [4.78, 5) is 0. The normalized spacial score (nSPS) is 11.7. The predicted octanol–water partition coefficient (Wildman–Crippen LogP) is 1.38. The Bertz CT molecular complexity index is 638. The zero-order valence-electron chi connectivity index (χ0n) is 9.89. The number of nitrogens with zero attached hydrogens (tertiary/aromatic N) is 1. The second-order valence-corrected chi connectivity index (χ2v) is 6.67. The lowest BCUT2D eigenvalue weighted by Gasteiger charge is -2.05. The summed E-state index contributed by atoms with van der Waals surface area (Å²) >= 11 is 1.07. The van der Waals surface area contributed by atoms with E-state index in [0.29, 0.717) is 22.6 Å². The van der Waals surface area contributed by atoms with Crippen LogP contribution >= 0.6 is 11.3 Å². The van der Waals surface area contributed by atoms with Gasteiger partial charge in [0, 0.05) is 0 Å². The molecule has 0 amide bonds. The number of aliphatic hydroxyl groups excluding tert-OH is 1. The molecule has 0 radical (unpaired) electrons. The third kappa shape index (κ3) is 2.40. The average Bonchev–Trinajstić information content (AvgIpc) is 2.91. The Balaban J connectivity index is 2.33. The molecule has 3 N–H and O–H groups in total. The summed E-state index contributed by atoms with van der Waals surface area (Å²) in [7, 11) is -3.62. The van der Waals surface area contributed by atoms with Crippen molar-refractivity contribution >= 4 is 27.0 Å². The molecule has 0 atom stereocenters. The van der Waals surface area contributed by atoms with Gasteiger partial charge in [0.1, 0.15) is 4.21 Å².